The van der Waals surface area contributed by atoms with Crippen molar-refractivity contribution in [2.45, 2.75) is 26.8 Å². The van der Waals surface area contributed by atoms with Crippen LogP contribution in [0.1, 0.15) is 36.7 Å². The number of allylic oxidation sites excluding steroid dienone is 1. The summed E-state index contributed by atoms with van der Waals surface area (Å²) >= 11 is 1.24. The second-order valence-electron chi connectivity index (χ2n) is 7.16. The molecule has 0 bridgehead atoms. The number of nitrogens with zero attached hydrogens (tertiary/aromatic N) is 4. The molecule has 1 aromatic carbocycles. The van der Waals surface area contributed by atoms with E-state index in [1.54, 1.807) is 42.9 Å². The topological polar surface area (TPSA) is 78.5 Å². The Bertz CT molecular complexity index is 1380. The molecule has 7 nitrogen and oxygen atoms in total. The normalized spacial score (nSPS) is 16.3. The first kappa shape index (κ1) is 20.9. The van der Waals surface area contributed by atoms with Crippen LogP contribution in [0.5, 0.6) is 0 Å². The third kappa shape index (κ3) is 3.65. The molecule has 0 radical (unpaired) electrons. The van der Waals surface area contributed by atoms with Crippen molar-refractivity contribution >= 4 is 23.4 Å². The number of carbonyl (C=O) groups is 1. The van der Waals surface area contributed by atoms with Crippen LogP contribution in [0, 0.1) is 12.7 Å². The van der Waals surface area contributed by atoms with Gasteiger partial charge in [0.15, 0.2) is 4.80 Å². The number of hydrogen-bond acceptors (Lipinski definition) is 6. The Balaban J connectivity index is 1.97. The highest BCUT2D eigenvalue weighted by molar-refractivity contribution is 7.07. The lowest BCUT2D eigenvalue weighted by molar-refractivity contribution is -0.139. The van der Waals surface area contributed by atoms with Crippen molar-refractivity contribution in [3.05, 3.63) is 84.1 Å². The van der Waals surface area contributed by atoms with Crippen LogP contribution in [0.15, 0.2) is 51.5 Å². The molecule has 160 valence electrons. The summed E-state index contributed by atoms with van der Waals surface area (Å²) in [6.07, 6.45) is 3.47. The molecular weight excluding hydrogens is 419 g/mol. The van der Waals surface area contributed by atoms with E-state index >= 15 is 0 Å². The van der Waals surface area contributed by atoms with E-state index in [4.69, 9.17) is 4.74 Å². The summed E-state index contributed by atoms with van der Waals surface area (Å²) in [6.45, 7) is 5.54. The summed E-state index contributed by atoms with van der Waals surface area (Å²) < 4.78 is 22.5. The standard InChI is InChI=1S/C22H21FN4O3S/c1-5-30-21(29)18-12(2)25-22-27(19(18)14-6-8-16(23)9-7-14)20(28)17(31-22)10-15-11-24-26(4)13(15)3/h6-11,19H,5H2,1-4H3. The minimum Gasteiger partial charge on any atom is -0.463 e. The fourth-order valence-electron chi connectivity index (χ4n) is 3.55. The van der Waals surface area contributed by atoms with E-state index in [2.05, 4.69) is 10.1 Å². The highest BCUT2D eigenvalue weighted by Gasteiger charge is 2.33. The predicted molar refractivity (Wildman–Crippen MR) is 115 cm³/mol. The number of halogens is 1. The minimum absolute atomic E-state index is 0.191. The molecule has 0 amide bonds. The molecule has 3 aromatic rings. The first-order valence-electron chi connectivity index (χ1n) is 9.75. The highest BCUT2D eigenvalue weighted by atomic mass is 32.1. The Morgan fingerprint density at radius 3 is 2.61 bits per heavy atom. The Morgan fingerprint density at radius 2 is 2.00 bits per heavy atom. The number of benzene rings is 1. The van der Waals surface area contributed by atoms with Gasteiger partial charge >= 0.3 is 5.97 Å². The van der Waals surface area contributed by atoms with E-state index in [0.717, 1.165) is 11.3 Å². The molecule has 1 aliphatic heterocycles. The van der Waals surface area contributed by atoms with Crippen molar-refractivity contribution in [2.75, 3.05) is 6.61 Å². The highest BCUT2D eigenvalue weighted by Crippen LogP contribution is 2.30. The number of rotatable bonds is 4. The van der Waals surface area contributed by atoms with Gasteiger partial charge in [-0.15, -0.1) is 0 Å². The average molecular weight is 441 g/mol. The third-order valence-corrected chi connectivity index (χ3v) is 6.25. The largest absolute Gasteiger partial charge is 0.463 e. The van der Waals surface area contributed by atoms with Gasteiger partial charge in [0, 0.05) is 18.3 Å². The van der Waals surface area contributed by atoms with Crippen LogP contribution in [-0.2, 0) is 16.6 Å². The SMILES string of the molecule is CCOC(=O)C1=C(C)N=c2sc(=Cc3cnn(C)c3C)c(=O)n2C1c1ccc(F)cc1. The second kappa shape index (κ2) is 8.07. The van der Waals surface area contributed by atoms with Gasteiger partial charge in [-0.1, -0.05) is 23.5 Å². The second-order valence-corrected chi connectivity index (χ2v) is 8.17. The van der Waals surface area contributed by atoms with Gasteiger partial charge in [-0.25, -0.2) is 14.2 Å². The molecular formula is C22H21FN4O3S. The summed E-state index contributed by atoms with van der Waals surface area (Å²) in [6, 6.07) is 5.00. The first-order chi connectivity index (χ1) is 14.8. The lowest BCUT2D eigenvalue weighted by Crippen LogP contribution is -2.39. The van der Waals surface area contributed by atoms with Crippen molar-refractivity contribution in [3.63, 3.8) is 0 Å². The molecule has 0 fully saturated rings. The zero-order valence-corrected chi connectivity index (χ0v) is 18.4. The van der Waals surface area contributed by atoms with Crippen molar-refractivity contribution in [2.24, 2.45) is 12.0 Å². The molecule has 0 spiro atoms. The molecule has 0 N–H and O–H groups in total. The maximum atomic E-state index is 13.6. The first-order valence-corrected chi connectivity index (χ1v) is 10.6. The van der Waals surface area contributed by atoms with Crippen molar-refractivity contribution in [3.8, 4) is 0 Å². The minimum atomic E-state index is -0.756. The third-order valence-electron chi connectivity index (χ3n) is 5.26. The summed E-state index contributed by atoms with van der Waals surface area (Å²) in [7, 11) is 1.83. The molecule has 1 atom stereocenters. The monoisotopic (exact) mass is 440 g/mol. The Morgan fingerprint density at radius 1 is 1.29 bits per heavy atom. The van der Waals surface area contributed by atoms with E-state index in [1.807, 2.05) is 14.0 Å². The van der Waals surface area contributed by atoms with E-state index < -0.39 is 17.8 Å². The maximum Gasteiger partial charge on any atom is 0.338 e. The number of fused-ring (bicyclic) bond motifs is 1. The van der Waals surface area contributed by atoms with Gasteiger partial charge in [-0.05, 0) is 44.5 Å². The van der Waals surface area contributed by atoms with Crippen LogP contribution in [0.3, 0.4) is 0 Å². The zero-order chi connectivity index (χ0) is 22.3. The molecule has 31 heavy (non-hydrogen) atoms. The van der Waals surface area contributed by atoms with Crippen LogP contribution in [-0.4, -0.2) is 26.9 Å². The number of aryl methyl sites for hydroxylation is 1. The van der Waals surface area contributed by atoms with Gasteiger partial charge in [0.05, 0.1) is 34.6 Å². The molecule has 9 heteroatoms. The van der Waals surface area contributed by atoms with Crippen molar-refractivity contribution < 1.29 is 13.9 Å². The zero-order valence-electron chi connectivity index (χ0n) is 17.5. The van der Waals surface area contributed by atoms with Gasteiger partial charge in [0.2, 0.25) is 0 Å². The fourth-order valence-corrected chi connectivity index (χ4v) is 4.59. The molecule has 4 rings (SSSR count). The molecule has 0 aliphatic carbocycles. The fraction of sp³-hybridized carbons (Fsp3) is 0.273. The van der Waals surface area contributed by atoms with E-state index in [1.165, 1.54) is 28.0 Å². The quantitative estimate of drug-likeness (QED) is 0.582. The molecule has 1 aliphatic rings. The smallest absolute Gasteiger partial charge is 0.338 e. The maximum absolute atomic E-state index is 13.6. The van der Waals surface area contributed by atoms with Crippen LogP contribution >= 0.6 is 11.3 Å². The van der Waals surface area contributed by atoms with Crippen LogP contribution in [0.2, 0.25) is 0 Å². The van der Waals surface area contributed by atoms with Crippen molar-refractivity contribution in [1.29, 1.82) is 0 Å². The Labute approximate surface area is 181 Å². The Kier molecular flexibility index (Phi) is 5.45. The van der Waals surface area contributed by atoms with E-state index in [9.17, 15) is 14.0 Å². The average Bonchev–Trinajstić information content (AvgIpc) is 3.21. The summed E-state index contributed by atoms with van der Waals surface area (Å²) in [5.74, 6) is -0.947. The summed E-state index contributed by atoms with van der Waals surface area (Å²) in [5.41, 5.74) is 2.81. The van der Waals surface area contributed by atoms with Crippen LogP contribution in [0.25, 0.3) is 6.08 Å². The number of carbonyl (C=O) groups excluding carboxylic acids is 1. The number of hydrogen-bond donors (Lipinski definition) is 0. The van der Waals surface area contributed by atoms with Crippen LogP contribution in [0.4, 0.5) is 4.39 Å². The van der Waals surface area contributed by atoms with Gasteiger partial charge in [0.25, 0.3) is 5.56 Å². The summed E-state index contributed by atoms with van der Waals surface area (Å²) in [5, 5.41) is 4.22. The lowest BCUT2D eigenvalue weighted by Gasteiger charge is -2.24. The molecule has 0 saturated heterocycles. The van der Waals surface area contributed by atoms with Gasteiger partial charge < -0.3 is 4.74 Å². The van der Waals surface area contributed by atoms with Gasteiger partial charge in [-0.2, -0.15) is 5.10 Å². The molecule has 2 aromatic heterocycles. The number of aromatic nitrogens is 3. The molecule has 1 unspecified atom stereocenters. The number of esters is 1. The number of ether oxygens (including phenoxy) is 1. The number of thiazole rings is 1. The van der Waals surface area contributed by atoms with E-state index in [0.29, 0.717) is 20.6 Å². The van der Waals surface area contributed by atoms with Gasteiger partial charge in [-0.3, -0.25) is 14.0 Å². The van der Waals surface area contributed by atoms with Crippen molar-refractivity contribution in [1.82, 2.24) is 14.3 Å². The molecule has 0 saturated carbocycles. The summed E-state index contributed by atoms with van der Waals surface area (Å²) in [4.78, 5) is 31.2. The predicted octanol–water partition coefficient (Wildman–Crippen LogP) is 1.98. The van der Waals surface area contributed by atoms with E-state index in [-0.39, 0.29) is 17.7 Å². The van der Waals surface area contributed by atoms with Gasteiger partial charge in [0.1, 0.15) is 5.82 Å². The van der Waals surface area contributed by atoms with Crippen LogP contribution < -0.4 is 14.9 Å². The molecule has 3 heterocycles. The lowest BCUT2D eigenvalue weighted by atomic mass is 9.96. The Hall–Kier alpha value is -3.33.